The number of morpholine rings is 1. The van der Waals surface area contributed by atoms with Gasteiger partial charge in [0.05, 0.1) is 24.0 Å². The molecule has 1 N–H and O–H groups in total. The third-order valence-corrected chi connectivity index (χ3v) is 7.61. The molecule has 1 aromatic heterocycles. The fraction of sp³-hybridized carbons (Fsp3) is 0.542. The van der Waals surface area contributed by atoms with Crippen molar-refractivity contribution in [2.45, 2.75) is 45.6 Å². The molecule has 7 nitrogen and oxygen atoms in total. The molecule has 1 spiro atoms. The Labute approximate surface area is 203 Å². The van der Waals surface area contributed by atoms with Crippen LogP contribution in [0.1, 0.15) is 48.7 Å². The SMILES string of the molecule is Cc1cc(NC(=O)c2ccc(I)cc2N2CCC3(CC2)CC3)nc(N2CCO[C@H](C)C2)n1. The number of hydrogen-bond donors (Lipinski definition) is 1. The summed E-state index contributed by atoms with van der Waals surface area (Å²) in [6, 6.07) is 7.89. The number of rotatable bonds is 4. The fourth-order valence-corrected chi connectivity index (χ4v) is 5.27. The summed E-state index contributed by atoms with van der Waals surface area (Å²) in [7, 11) is 0. The van der Waals surface area contributed by atoms with Gasteiger partial charge in [-0.1, -0.05) is 0 Å². The first-order valence-corrected chi connectivity index (χ1v) is 12.6. The van der Waals surface area contributed by atoms with E-state index >= 15 is 0 Å². The molecule has 3 aliphatic rings. The lowest BCUT2D eigenvalue weighted by Crippen LogP contribution is -2.42. The number of aromatic nitrogens is 2. The summed E-state index contributed by atoms with van der Waals surface area (Å²) in [4.78, 5) is 27.1. The van der Waals surface area contributed by atoms with Crippen LogP contribution in [-0.4, -0.2) is 54.8 Å². The molecule has 0 unspecified atom stereocenters. The molecule has 3 fully saturated rings. The zero-order valence-electron chi connectivity index (χ0n) is 18.7. The van der Waals surface area contributed by atoms with Crippen molar-refractivity contribution < 1.29 is 9.53 Å². The molecule has 170 valence electrons. The van der Waals surface area contributed by atoms with Gasteiger partial charge in [-0.15, -0.1) is 0 Å². The van der Waals surface area contributed by atoms with Crippen molar-refractivity contribution in [3.8, 4) is 0 Å². The second-order valence-corrected chi connectivity index (χ2v) is 10.7. The maximum atomic E-state index is 13.3. The Bertz CT molecular complexity index is 1020. The number of carbonyl (C=O) groups is 1. The highest BCUT2D eigenvalue weighted by Gasteiger charge is 2.44. The van der Waals surface area contributed by atoms with E-state index in [1.165, 1.54) is 25.7 Å². The van der Waals surface area contributed by atoms with E-state index in [2.05, 4.69) is 60.7 Å². The molecule has 2 aliphatic heterocycles. The van der Waals surface area contributed by atoms with Gasteiger partial charge in [0.1, 0.15) is 5.82 Å². The summed E-state index contributed by atoms with van der Waals surface area (Å²) >= 11 is 2.32. The summed E-state index contributed by atoms with van der Waals surface area (Å²) < 4.78 is 6.78. The molecule has 0 radical (unpaired) electrons. The van der Waals surface area contributed by atoms with Crippen molar-refractivity contribution >= 4 is 46.0 Å². The standard InChI is InChI=1S/C24H30IN5O2/c1-16-13-21(28-23(26-16)30-11-12-32-17(2)15-30)27-22(31)19-4-3-18(25)14-20(19)29-9-7-24(5-6-24)8-10-29/h3-4,13-14,17H,5-12,15H2,1-2H3,(H,26,27,28,31)/t17-/m1/s1. The Hall–Kier alpha value is -1.94. The number of piperidine rings is 1. The van der Waals surface area contributed by atoms with Crippen LogP contribution in [0, 0.1) is 15.9 Å². The number of carbonyl (C=O) groups excluding carboxylic acids is 1. The lowest BCUT2D eigenvalue weighted by Gasteiger charge is -2.35. The van der Waals surface area contributed by atoms with E-state index < -0.39 is 0 Å². The number of nitrogens with one attached hydrogen (secondary N) is 1. The van der Waals surface area contributed by atoms with Crippen LogP contribution in [0.4, 0.5) is 17.5 Å². The minimum atomic E-state index is -0.123. The Morgan fingerprint density at radius 3 is 2.62 bits per heavy atom. The van der Waals surface area contributed by atoms with Gasteiger partial charge in [-0.3, -0.25) is 4.79 Å². The van der Waals surface area contributed by atoms with Gasteiger partial charge in [0, 0.05) is 41.5 Å². The van der Waals surface area contributed by atoms with Crippen molar-refractivity contribution in [2.75, 3.05) is 47.9 Å². The fourth-order valence-electron chi connectivity index (χ4n) is 4.80. The maximum absolute atomic E-state index is 13.3. The lowest BCUT2D eigenvalue weighted by molar-refractivity contribution is 0.0526. The third kappa shape index (κ3) is 4.71. The maximum Gasteiger partial charge on any atom is 0.258 e. The molecule has 1 saturated carbocycles. The van der Waals surface area contributed by atoms with Gasteiger partial charge < -0.3 is 19.9 Å². The van der Waals surface area contributed by atoms with E-state index in [0.29, 0.717) is 29.4 Å². The number of aryl methyl sites for hydroxylation is 1. The molecular weight excluding hydrogens is 517 g/mol. The number of anilines is 3. The molecular formula is C24H30IN5O2. The van der Waals surface area contributed by atoms with Gasteiger partial charge in [-0.2, -0.15) is 4.98 Å². The van der Waals surface area contributed by atoms with Crippen LogP contribution >= 0.6 is 22.6 Å². The van der Waals surface area contributed by atoms with Crippen molar-refractivity contribution in [3.05, 3.63) is 39.1 Å². The second kappa shape index (κ2) is 8.78. The predicted molar refractivity (Wildman–Crippen MR) is 135 cm³/mol. The highest BCUT2D eigenvalue weighted by molar-refractivity contribution is 14.1. The van der Waals surface area contributed by atoms with Crippen molar-refractivity contribution in [1.29, 1.82) is 0 Å². The monoisotopic (exact) mass is 547 g/mol. The molecule has 3 heterocycles. The van der Waals surface area contributed by atoms with Gasteiger partial charge >= 0.3 is 0 Å². The number of hydrogen-bond acceptors (Lipinski definition) is 6. The molecule has 0 bridgehead atoms. The zero-order chi connectivity index (χ0) is 22.3. The van der Waals surface area contributed by atoms with E-state index in [-0.39, 0.29) is 12.0 Å². The first kappa shape index (κ1) is 21.9. The minimum absolute atomic E-state index is 0.123. The first-order chi connectivity index (χ1) is 15.4. The highest BCUT2D eigenvalue weighted by atomic mass is 127. The average molecular weight is 547 g/mol. The second-order valence-electron chi connectivity index (χ2n) is 9.42. The van der Waals surface area contributed by atoms with E-state index in [1.54, 1.807) is 0 Å². The summed E-state index contributed by atoms with van der Waals surface area (Å²) in [5.74, 6) is 1.06. The summed E-state index contributed by atoms with van der Waals surface area (Å²) in [6.45, 7) is 8.17. The largest absolute Gasteiger partial charge is 0.375 e. The van der Waals surface area contributed by atoms with Gasteiger partial charge in [0.2, 0.25) is 5.95 Å². The molecule has 1 aliphatic carbocycles. The molecule has 1 atom stereocenters. The van der Waals surface area contributed by atoms with Crippen LogP contribution in [0.2, 0.25) is 0 Å². The van der Waals surface area contributed by atoms with Crippen molar-refractivity contribution in [1.82, 2.24) is 9.97 Å². The molecule has 1 aromatic carbocycles. The highest BCUT2D eigenvalue weighted by Crippen LogP contribution is 2.54. The van der Waals surface area contributed by atoms with Crippen LogP contribution in [-0.2, 0) is 4.74 Å². The normalized spacial score (nSPS) is 22.2. The molecule has 32 heavy (non-hydrogen) atoms. The number of benzene rings is 1. The van der Waals surface area contributed by atoms with Gasteiger partial charge in [0.15, 0.2) is 0 Å². The summed E-state index contributed by atoms with van der Waals surface area (Å²) in [5, 5.41) is 3.04. The Morgan fingerprint density at radius 1 is 1.12 bits per heavy atom. The molecule has 8 heteroatoms. The van der Waals surface area contributed by atoms with Gasteiger partial charge in [0.25, 0.3) is 5.91 Å². The molecule has 1 amide bonds. The first-order valence-electron chi connectivity index (χ1n) is 11.5. The zero-order valence-corrected chi connectivity index (χ0v) is 20.9. The van der Waals surface area contributed by atoms with E-state index in [0.717, 1.165) is 41.1 Å². The summed E-state index contributed by atoms with van der Waals surface area (Å²) in [5.41, 5.74) is 3.16. The summed E-state index contributed by atoms with van der Waals surface area (Å²) in [6.07, 6.45) is 5.34. The van der Waals surface area contributed by atoms with E-state index in [4.69, 9.17) is 4.74 Å². The number of nitrogens with zero attached hydrogens (tertiary/aromatic N) is 4. The third-order valence-electron chi connectivity index (χ3n) is 6.93. The number of ether oxygens (including phenoxy) is 1. The van der Waals surface area contributed by atoms with Crippen molar-refractivity contribution in [2.24, 2.45) is 5.41 Å². The predicted octanol–water partition coefficient (Wildman–Crippen LogP) is 4.25. The van der Waals surface area contributed by atoms with Crippen LogP contribution in [0.5, 0.6) is 0 Å². The molecule has 2 aromatic rings. The van der Waals surface area contributed by atoms with Gasteiger partial charge in [-0.05, 0) is 85.7 Å². The van der Waals surface area contributed by atoms with Crippen molar-refractivity contribution in [3.63, 3.8) is 0 Å². The Morgan fingerprint density at radius 2 is 1.91 bits per heavy atom. The Balaban J connectivity index is 1.36. The quantitative estimate of drug-likeness (QED) is 0.578. The van der Waals surface area contributed by atoms with Crippen LogP contribution < -0.4 is 15.1 Å². The Kier molecular flexibility index (Phi) is 6.00. The van der Waals surface area contributed by atoms with Crippen LogP contribution in [0.25, 0.3) is 0 Å². The average Bonchev–Trinajstić information content (AvgIpc) is 3.52. The van der Waals surface area contributed by atoms with E-state index in [9.17, 15) is 4.79 Å². The smallest absolute Gasteiger partial charge is 0.258 e. The number of halogens is 1. The van der Waals surface area contributed by atoms with Crippen LogP contribution in [0.15, 0.2) is 24.3 Å². The molecule has 2 saturated heterocycles. The van der Waals surface area contributed by atoms with Crippen LogP contribution in [0.3, 0.4) is 0 Å². The topological polar surface area (TPSA) is 70.6 Å². The minimum Gasteiger partial charge on any atom is -0.375 e. The molecule has 5 rings (SSSR count). The lowest BCUT2D eigenvalue weighted by atomic mass is 9.93. The number of amides is 1. The van der Waals surface area contributed by atoms with Gasteiger partial charge in [-0.25, -0.2) is 4.98 Å². The van der Waals surface area contributed by atoms with E-state index in [1.807, 2.05) is 25.1 Å².